The van der Waals surface area contributed by atoms with Crippen molar-refractivity contribution in [2.75, 3.05) is 20.2 Å². The third-order valence-electron chi connectivity index (χ3n) is 6.85. The van der Waals surface area contributed by atoms with Gasteiger partial charge in [0, 0.05) is 39.6 Å². The Kier molecular flexibility index (Phi) is 9.30. The number of nitrogens with zero attached hydrogens (tertiary/aromatic N) is 2. The third kappa shape index (κ3) is 6.57. The van der Waals surface area contributed by atoms with E-state index in [1.165, 1.54) is 18.4 Å². The maximum absolute atomic E-state index is 13.7. The molecule has 6 nitrogen and oxygen atoms in total. The van der Waals surface area contributed by atoms with Gasteiger partial charge in [0.15, 0.2) is 5.78 Å². The molecule has 1 unspecified atom stereocenters. The molecule has 1 N–H and O–H groups in total. The molecule has 1 aliphatic heterocycles. The minimum atomic E-state index is -0.351. The number of methoxy groups -OCH3 is 1. The molecule has 0 aliphatic carbocycles. The van der Waals surface area contributed by atoms with Crippen LogP contribution in [0.25, 0.3) is 6.08 Å². The van der Waals surface area contributed by atoms with Gasteiger partial charge in [-0.25, -0.2) is 4.79 Å². The molecule has 2 aromatic rings. The van der Waals surface area contributed by atoms with Crippen LogP contribution in [0, 0.1) is 5.92 Å². The number of phenols is 1. The number of aromatic hydroxyl groups is 1. The summed E-state index contributed by atoms with van der Waals surface area (Å²) in [6.45, 7) is 15.3. The van der Waals surface area contributed by atoms with E-state index in [0.717, 1.165) is 40.3 Å². The first-order valence-electron chi connectivity index (χ1n) is 13.0. The van der Waals surface area contributed by atoms with Gasteiger partial charge >= 0.3 is 5.97 Å². The number of rotatable bonds is 7. The number of carbonyl (C=O) groups excluding carboxylic acids is 2. The minimum Gasteiger partial charge on any atom is -0.507 e. The summed E-state index contributed by atoms with van der Waals surface area (Å²) in [6, 6.07) is 7.36. The molecule has 0 bridgehead atoms. The second-order valence-electron chi connectivity index (χ2n) is 11.9. The van der Waals surface area contributed by atoms with Gasteiger partial charge in [0.05, 0.1) is 29.8 Å². The summed E-state index contributed by atoms with van der Waals surface area (Å²) in [5.74, 6) is 0.839. The summed E-state index contributed by atoms with van der Waals surface area (Å²) >= 11 is 4.69. The third-order valence-corrected chi connectivity index (χ3v) is 8.20. The topological polar surface area (TPSA) is 79.2 Å². The summed E-state index contributed by atoms with van der Waals surface area (Å²) < 4.78 is 9.27. The molecule has 1 aliphatic rings. The first-order chi connectivity index (χ1) is 17.7. The van der Waals surface area contributed by atoms with Crippen molar-refractivity contribution >= 4 is 51.1 Å². The number of carbonyl (C=O) groups is 2. The first-order valence-corrected chi connectivity index (χ1v) is 14.5. The summed E-state index contributed by atoms with van der Waals surface area (Å²) in [4.78, 5) is 29.1. The zero-order valence-electron chi connectivity index (χ0n) is 23.6. The molecule has 0 saturated carbocycles. The number of likely N-dealkylation sites (tertiary alicyclic amines) is 1. The molecule has 1 aromatic carbocycles. The number of ketones is 1. The average molecular weight is 604 g/mol. The van der Waals surface area contributed by atoms with Crippen LogP contribution in [0.3, 0.4) is 0 Å². The normalized spacial score (nSPS) is 18.4. The highest BCUT2D eigenvalue weighted by atomic mass is 79.9. The van der Waals surface area contributed by atoms with Crippen molar-refractivity contribution in [3.05, 3.63) is 56.3 Å². The van der Waals surface area contributed by atoms with Gasteiger partial charge in [-0.1, -0.05) is 54.9 Å². The van der Waals surface area contributed by atoms with E-state index in [9.17, 15) is 14.7 Å². The lowest BCUT2D eigenvalue weighted by Crippen LogP contribution is -2.32. The molecule has 206 valence electrons. The van der Waals surface area contributed by atoms with Crippen LogP contribution in [-0.2, 0) is 15.6 Å². The number of phenolic OH excluding ortho intramolecular Hbond substituents is 1. The minimum absolute atomic E-state index is 0.0183. The Balaban J connectivity index is 1.97. The molecule has 1 saturated heterocycles. The van der Waals surface area contributed by atoms with E-state index in [0.29, 0.717) is 17.0 Å². The average Bonchev–Trinajstić information content (AvgIpc) is 3.42. The summed E-state index contributed by atoms with van der Waals surface area (Å²) in [6.07, 6.45) is 4.02. The molecule has 38 heavy (non-hydrogen) atoms. The molecule has 0 spiro atoms. The monoisotopic (exact) mass is 602 g/mol. The Bertz CT molecular complexity index is 1230. The molecule has 1 fully saturated rings. The van der Waals surface area contributed by atoms with E-state index >= 15 is 0 Å². The van der Waals surface area contributed by atoms with Gasteiger partial charge in [-0.15, -0.1) is 11.3 Å². The largest absolute Gasteiger partial charge is 0.507 e. The number of hydrogen-bond acceptors (Lipinski definition) is 6. The molecule has 8 heteroatoms. The molecular weight excluding hydrogens is 564 g/mol. The fourth-order valence-corrected chi connectivity index (χ4v) is 6.14. The predicted molar refractivity (Wildman–Crippen MR) is 160 cm³/mol. The molecule has 0 radical (unpaired) electrons. The lowest BCUT2D eigenvalue weighted by atomic mass is 9.78. The van der Waals surface area contributed by atoms with Gasteiger partial charge in [0.1, 0.15) is 16.5 Å². The Morgan fingerprint density at radius 1 is 1.16 bits per heavy atom. The molecule has 1 atom stereocenters. The summed E-state index contributed by atoms with van der Waals surface area (Å²) in [5, 5.41) is 11.1. The number of benzene rings is 1. The number of hydrogen-bond donors (Lipinski definition) is 1. The highest BCUT2D eigenvalue weighted by Gasteiger charge is 2.35. The number of esters is 1. The van der Waals surface area contributed by atoms with Crippen molar-refractivity contribution < 1.29 is 19.4 Å². The second kappa shape index (κ2) is 11.7. The quantitative estimate of drug-likeness (QED) is 0.261. The van der Waals surface area contributed by atoms with Crippen molar-refractivity contribution in [1.29, 1.82) is 0 Å². The number of Topliss-reactive ketones (excluding diaryl/α,β-unsaturated/α-hetero) is 1. The lowest BCUT2D eigenvalue weighted by molar-refractivity contribution is 0.0606. The zero-order valence-corrected chi connectivity index (χ0v) is 26.0. The molecule has 2 heterocycles. The maximum Gasteiger partial charge on any atom is 0.348 e. The van der Waals surface area contributed by atoms with Crippen molar-refractivity contribution in [3.8, 4) is 5.75 Å². The maximum atomic E-state index is 13.7. The predicted octanol–water partition coefficient (Wildman–Crippen LogP) is 7.54. The Morgan fingerprint density at radius 2 is 1.76 bits per heavy atom. The van der Waals surface area contributed by atoms with Gasteiger partial charge < -0.3 is 14.7 Å². The SMILES string of the molecule is CCCC1CN(CC(=O)c2cc(C(C)(C)C)c(O)c(C(C)(C)C)c2)C(=N\Br)/C1=C/c1ccc(C(=O)OC)s1. The van der Waals surface area contributed by atoms with Gasteiger partial charge in [-0.05, 0) is 47.6 Å². The van der Waals surface area contributed by atoms with Crippen LogP contribution in [0.15, 0.2) is 33.9 Å². The molecule has 0 amide bonds. The van der Waals surface area contributed by atoms with Crippen LogP contribution in [-0.4, -0.2) is 47.8 Å². The fraction of sp³-hybridized carbons (Fsp3) is 0.500. The van der Waals surface area contributed by atoms with Crippen LogP contribution in [0.4, 0.5) is 0 Å². The van der Waals surface area contributed by atoms with E-state index in [1.54, 1.807) is 6.07 Å². The zero-order chi connectivity index (χ0) is 28.4. The van der Waals surface area contributed by atoms with Crippen LogP contribution >= 0.6 is 27.5 Å². The van der Waals surface area contributed by atoms with Crippen molar-refractivity contribution in [2.24, 2.45) is 9.94 Å². The van der Waals surface area contributed by atoms with Crippen LogP contribution in [0.1, 0.15) is 97.3 Å². The van der Waals surface area contributed by atoms with Crippen molar-refractivity contribution in [2.45, 2.75) is 72.1 Å². The van der Waals surface area contributed by atoms with Crippen LogP contribution in [0.2, 0.25) is 0 Å². The Morgan fingerprint density at radius 3 is 2.26 bits per heavy atom. The Hall–Kier alpha value is -2.45. The highest BCUT2D eigenvalue weighted by Crippen LogP contribution is 2.40. The second-order valence-corrected chi connectivity index (χ2v) is 13.4. The number of halogens is 1. The van der Waals surface area contributed by atoms with Crippen LogP contribution in [0.5, 0.6) is 5.75 Å². The van der Waals surface area contributed by atoms with E-state index in [-0.39, 0.29) is 40.8 Å². The van der Waals surface area contributed by atoms with E-state index < -0.39 is 0 Å². The standard InChI is InChI=1S/C30H39BrN2O4S/c1-9-10-18-16-33(27(32-31)21(18)15-20-11-12-25(38-20)28(36)37-8)17-24(34)19-13-22(29(2,3)4)26(35)23(14-19)30(5,6)7/h11-15,18,35H,9-10,16-17H2,1-8H3/b21-15+,32-27-. The van der Waals surface area contributed by atoms with E-state index in [1.807, 2.05) is 64.6 Å². The number of amidine groups is 1. The molecule has 3 rings (SSSR count). The van der Waals surface area contributed by atoms with E-state index in [4.69, 9.17) is 4.74 Å². The van der Waals surface area contributed by atoms with Gasteiger partial charge in [0.2, 0.25) is 0 Å². The van der Waals surface area contributed by atoms with Gasteiger partial charge in [-0.3, -0.25) is 4.79 Å². The first kappa shape index (κ1) is 30.1. The lowest BCUT2D eigenvalue weighted by Gasteiger charge is -2.28. The van der Waals surface area contributed by atoms with Gasteiger partial charge in [0.25, 0.3) is 0 Å². The summed E-state index contributed by atoms with van der Waals surface area (Å²) in [5.41, 5.74) is 2.55. The molecule has 1 aromatic heterocycles. The molecular formula is C30H39BrN2O4S. The van der Waals surface area contributed by atoms with Gasteiger partial charge in [-0.2, -0.15) is 4.02 Å². The fourth-order valence-electron chi connectivity index (χ4n) is 4.83. The van der Waals surface area contributed by atoms with Crippen LogP contribution < -0.4 is 0 Å². The highest BCUT2D eigenvalue weighted by molar-refractivity contribution is 9.08. The number of ether oxygens (including phenoxy) is 1. The van der Waals surface area contributed by atoms with Crippen molar-refractivity contribution in [1.82, 2.24) is 4.90 Å². The Labute approximate surface area is 239 Å². The van der Waals surface area contributed by atoms with E-state index in [2.05, 4.69) is 33.2 Å². The number of thiophene rings is 1. The smallest absolute Gasteiger partial charge is 0.348 e. The summed E-state index contributed by atoms with van der Waals surface area (Å²) in [7, 11) is 1.38. The van der Waals surface area contributed by atoms with Crippen molar-refractivity contribution in [3.63, 3.8) is 0 Å².